The molecule has 2 aliphatic rings. The highest BCUT2D eigenvalue weighted by Crippen LogP contribution is 2.24. The molecule has 0 spiro atoms. The molecule has 4 rings (SSSR count). The monoisotopic (exact) mass is 421 g/mol. The van der Waals surface area contributed by atoms with Crippen LogP contribution in [0.4, 0.5) is 5.69 Å². The number of benzene rings is 2. The third-order valence-corrected chi connectivity index (χ3v) is 6.62. The van der Waals surface area contributed by atoms with Crippen molar-refractivity contribution in [2.75, 3.05) is 44.3 Å². The highest BCUT2D eigenvalue weighted by Gasteiger charge is 2.17. The summed E-state index contributed by atoms with van der Waals surface area (Å²) in [6.07, 6.45) is 2.53. The van der Waals surface area contributed by atoms with Crippen molar-refractivity contribution < 1.29 is 9.53 Å². The molecule has 0 radical (unpaired) electrons. The molecule has 0 aromatic heterocycles. The maximum Gasteiger partial charge on any atom is 0.251 e. The molecular formula is C26H35N3O2. The molecule has 0 aliphatic carbocycles. The second kappa shape index (κ2) is 10.3. The number of hydrogen-bond acceptors (Lipinski definition) is 4. The van der Waals surface area contributed by atoms with Crippen LogP contribution in [0.15, 0.2) is 48.5 Å². The maximum absolute atomic E-state index is 12.7. The fourth-order valence-corrected chi connectivity index (χ4v) is 4.38. The molecule has 1 N–H and O–H groups in total. The van der Waals surface area contributed by atoms with Crippen LogP contribution in [0.2, 0.25) is 0 Å². The van der Waals surface area contributed by atoms with E-state index < -0.39 is 0 Å². The maximum atomic E-state index is 12.7. The van der Waals surface area contributed by atoms with Crippen LogP contribution in [0.5, 0.6) is 0 Å². The van der Waals surface area contributed by atoms with Crippen molar-refractivity contribution >= 4 is 11.6 Å². The van der Waals surface area contributed by atoms with Gasteiger partial charge in [0.05, 0.1) is 19.3 Å². The Morgan fingerprint density at radius 3 is 2.29 bits per heavy atom. The molecule has 166 valence electrons. The van der Waals surface area contributed by atoms with Gasteiger partial charge in [0.2, 0.25) is 0 Å². The molecule has 31 heavy (non-hydrogen) atoms. The number of carbonyl (C=O) groups is 1. The molecule has 2 heterocycles. The van der Waals surface area contributed by atoms with Crippen molar-refractivity contribution in [2.24, 2.45) is 5.92 Å². The number of carbonyl (C=O) groups excluding carboxylic acids is 1. The van der Waals surface area contributed by atoms with Crippen LogP contribution in [0.1, 0.15) is 54.2 Å². The predicted molar refractivity (Wildman–Crippen MR) is 125 cm³/mol. The standard InChI is InChI=1S/C26H35N3O2/c1-20-11-13-29(14-12-20)25-9-7-23(8-10-25)21(2)27-26(30)24-5-3-22(4-6-24)19-28-15-17-31-18-16-28/h3-10,20-21H,11-19H2,1-2H3,(H,27,30). The molecule has 1 amide bonds. The van der Waals surface area contributed by atoms with E-state index in [1.807, 2.05) is 19.1 Å². The number of nitrogens with one attached hydrogen (secondary N) is 1. The van der Waals surface area contributed by atoms with Crippen molar-refractivity contribution in [3.63, 3.8) is 0 Å². The van der Waals surface area contributed by atoms with E-state index in [1.165, 1.54) is 24.1 Å². The van der Waals surface area contributed by atoms with E-state index in [0.717, 1.165) is 57.4 Å². The summed E-state index contributed by atoms with van der Waals surface area (Å²) in [5.41, 5.74) is 4.35. The van der Waals surface area contributed by atoms with Gasteiger partial charge in [-0.25, -0.2) is 0 Å². The third-order valence-electron chi connectivity index (χ3n) is 6.62. The molecule has 1 atom stereocenters. The minimum absolute atomic E-state index is 0.0282. The fraction of sp³-hybridized carbons (Fsp3) is 0.500. The van der Waals surface area contributed by atoms with E-state index in [-0.39, 0.29) is 11.9 Å². The Labute approximate surface area is 186 Å². The summed E-state index contributed by atoms with van der Waals surface area (Å²) in [6.45, 7) is 11.1. The number of rotatable bonds is 6. The smallest absolute Gasteiger partial charge is 0.251 e. The summed E-state index contributed by atoms with van der Waals surface area (Å²) >= 11 is 0. The lowest BCUT2D eigenvalue weighted by atomic mass is 9.98. The van der Waals surface area contributed by atoms with E-state index in [0.29, 0.717) is 5.56 Å². The van der Waals surface area contributed by atoms with Crippen LogP contribution in [0.3, 0.4) is 0 Å². The van der Waals surface area contributed by atoms with Gasteiger partial charge in [0.25, 0.3) is 5.91 Å². The lowest BCUT2D eigenvalue weighted by Crippen LogP contribution is -2.35. The Kier molecular flexibility index (Phi) is 7.25. The Balaban J connectivity index is 1.30. The second-order valence-corrected chi connectivity index (χ2v) is 9.04. The van der Waals surface area contributed by atoms with Crippen molar-refractivity contribution in [1.82, 2.24) is 10.2 Å². The number of nitrogens with zero attached hydrogens (tertiary/aromatic N) is 2. The van der Waals surface area contributed by atoms with Gasteiger partial charge in [0.1, 0.15) is 0 Å². The van der Waals surface area contributed by atoms with Crippen LogP contribution >= 0.6 is 0 Å². The number of anilines is 1. The van der Waals surface area contributed by atoms with Gasteiger partial charge >= 0.3 is 0 Å². The van der Waals surface area contributed by atoms with Crippen molar-refractivity contribution in [3.8, 4) is 0 Å². The predicted octanol–water partition coefficient (Wildman–Crippen LogP) is 4.25. The number of morpholine rings is 1. The first-order chi connectivity index (χ1) is 15.1. The molecule has 2 aromatic rings. The minimum Gasteiger partial charge on any atom is -0.379 e. The molecule has 2 aromatic carbocycles. The van der Waals surface area contributed by atoms with Crippen LogP contribution in [-0.2, 0) is 11.3 Å². The van der Waals surface area contributed by atoms with E-state index >= 15 is 0 Å². The molecule has 2 saturated heterocycles. The van der Waals surface area contributed by atoms with Gasteiger partial charge in [-0.05, 0) is 61.1 Å². The molecule has 5 nitrogen and oxygen atoms in total. The van der Waals surface area contributed by atoms with Crippen LogP contribution < -0.4 is 10.2 Å². The summed E-state index contributed by atoms with van der Waals surface area (Å²) in [5, 5.41) is 3.14. The Bertz CT molecular complexity index is 836. The first-order valence-corrected chi connectivity index (χ1v) is 11.6. The van der Waals surface area contributed by atoms with E-state index in [4.69, 9.17) is 4.74 Å². The normalized spacial score (nSPS) is 19.2. The van der Waals surface area contributed by atoms with Crippen LogP contribution in [-0.4, -0.2) is 50.2 Å². The lowest BCUT2D eigenvalue weighted by molar-refractivity contribution is 0.0342. The molecule has 5 heteroatoms. The molecule has 0 saturated carbocycles. The first kappa shape index (κ1) is 21.8. The van der Waals surface area contributed by atoms with Gasteiger partial charge < -0.3 is 15.0 Å². The van der Waals surface area contributed by atoms with Crippen molar-refractivity contribution in [2.45, 2.75) is 39.3 Å². The summed E-state index contributed by atoms with van der Waals surface area (Å²) in [6, 6.07) is 16.6. The zero-order valence-electron chi connectivity index (χ0n) is 18.8. The Morgan fingerprint density at radius 1 is 1.00 bits per heavy atom. The van der Waals surface area contributed by atoms with Gasteiger partial charge in [-0.3, -0.25) is 9.69 Å². The summed E-state index contributed by atoms with van der Waals surface area (Å²) in [7, 11) is 0. The number of amides is 1. The van der Waals surface area contributed by atoms with Crippen LogP contribution in [0, 0.1) is 5.92 Å². The summed E-state index contributed by atoms with van der Waals surface area (Å²) < 4.78 is 5.41. The highest BCUT2D eigenvalue weighted by atomic mass is 16.5. The SMILES string of the molecule is CC1CCN(c2ccc(C(C)NC(=O)c3ccc(CN4CCOCC4)cc3)cc2)CC1. The second-order valence-electron chi connectivity index (χ2n) is 9.04. The number of piperidine rings is 1. The highest BCUT2D eigenvalue weighted by molar-refractivity contribution is 5.94. The van der Waals surface area contributed by atoms with Gasteiger partial charge in [-0.15, -0.1) is 0 Å². The topological polar surface area (TPSA) is 44.8 Å². The molecule has 2 aliphatic heterocycles. The molecule has 0 bridgehead atoms. The number of ether oxygens (including phenoxy) is 1. The van der Waals surface area contributed by atoms with Gasteiger partial charge in [0.15, 0.2) is 0 Å². The first-order valence-electron chi connectivity index (χ1n) is 11.6. The van der Waals surface area contributed by atoms with Gasteiger partial charge in [0, 0.05) is 44.0 Å². The average molecular weight is 422 g/mol. The van der Waals surface area contributed by atoms with E-state index in [2.05, 4.69) is 58.4 Å². The lowest BCUT2D eigenvalue weighted by Gasteiger charge is -2.32. The zero-order valence-corrected chi connectivity index (χ0v) is 18.8. The Hall–Kier alpha value is -2.37. The van der Waals surface area contributed by atoms with E-state index in [1.54, 1.807) is 0 Å². The van der Waals surface area contributed by atoms with Gasteiger partial charge in [-0.2, -0.15) is 0 Å². The third kappa shape index (κ3) is 5.86. The number of hydrogen-bond donors (Lipinski definition) is 1. The summed E-state index contributed by atoms with van der Waals surface area (Å²) in [5.74, 6) is 0.804. The quantitative estimate of drug-likeness (QED) is 0.758. The zero-order chi connectivity index (χ0) is 21.6. The largest absolute Gasteiger partial charge is 0.379 e. The van der Waals surface area contributed by atoms with Gasteiger partial charge in [-0.1, -0.05) is 31.2 Å². The summed E-state index contributed by atoms with van der Waals surface area (Å²) in [4.78, 5) is 17.6. The average Bonchev–Trinajstić information content (AvgIpc) is 2.81. The fourth-order valence-electron chi connectivity index (χ4n) is 4.38. The Morgan fingerprint density at radius 2 is 1.65 bits per heavy atom. The minimum atomic E-state index is -0.0315. The molecular weight excluding hydrogens is 386 g/mol. The van der Waals surface area contributed by atoms with E-state index in [9.17, 15) is 4.79 Å². The van der Waals surface area contributed by atoms with Crippen LogP contribution in [0.25, 0.3) is 0 Å². The molecule has 2 fully saturated rings. The van der Waals surface area contributed by atoms with Crippen molar-refractivity contribution in [1.29, 1.82) is 0 Å². The van der Waals surface area contributed by atoms with Crippen molar-refractivity contribution in [3.05, 3.63) is 65.2 Å². The molecule has 1 unspecified atom stereocenters.